The average molecular weight is 264 g/mol. The summed E-state index contributed by atoms with van der Waals surface area (Å²) in [6, 6.07) is 5.42. The van der Waals surface area contributed by atoms with Crippen molar-refractivity contribution in [2.24, 2.45) is 5.92 Å². The van der Waals surface area contributed by atoms with Gasteiger partial charge >= 0.3 is 0 Å². The molecule has 1 aliphatic rings. The van der Waals surface area contributed by atoms with Gasteiger partial charge in [-0.2, -0.15) is 0 Å². The summed E-state index contributed by atoms with van der Waals surface area (Å²) < 4.78 is 10.7. The van der Waals surface area contributed by atoms with E-state index in [2.05, 4.69) is 10.6 Å². The molecule has 0 saturated carbocycles. The van der Waals surface area contributed by atoms with E-state index in [1.165, 1.54) is 0 Å². The van der Waals surface area contributed by atoms with E-state index >= 15 is 0 Å². The largest absolute Gasteiger partial charge is 0.493 e. The number of benzene rings is 1. The van der Waals surface area contributed by atoms with Crippen molar-refractivity contribution in [1.29, 1.82) is 0 Å². The van der Waals surface area contributed by atoms with Gasteiger partial charge in [0.15, 0.2) is 11.5 Å². The molecule has 1 aromatic carbocycles. The molecule has 1 fully saturated rings. The van der Waals surface area contributed by atoms with Crippen LogP contribution in [0.5, 0.6) is 11.5 Å². The molecule has 1 amide bonds. The molecule has 0 spiro atoms. The Kier molecular flexibility index (Phi) is 4.63. The summed E-state index contributed by atoms with van der Waals surface area (Å²) in [6.45, 7) is 4.16. The monoisotopic (exact) mass is 264 g/mol. The molecule has 1 atom stereocenters. The van der Waals surface area contributed by atoms with E-state index in [4.69, 9.17) is 9.47 Å². The van der Waals surface area contributed by atoms with Gasteiger partial charge in [-0.1, -0.05) is 0 Å². The molecule has 104 valence electrons. The SMILES string of the molecule is CCOc1ccc(NC(=O)C2CCNC2)cc1OC. The fraction of sp³-hybridized carbons (Fsp3) is 0.500. The second-order valence-electron chi connectivity index (χ2n) is 4.48. The fourth-order valence-electron chi connectivity index (χ4n) is 2.14. The summed E-state index contributed by atoms with van der Waals surface area (Å²) in [5.41, 5.74) is 0.734. The zero-order chi connectivity index (χ0) is 13.7. The van der Waals surface area contributed by atoms with Gasteiger partial charge in [-0.25, -0.2) is 0 Å². The van der Waals surface area contributed by atoms with Gasteiger partial charge in [0.05, 0.1) is 19.6 Å². The molecule has 1 aromatic rings. The number of nitrogens with one attached hydrogen (secondary N) is 2. The van der Waals surface area contributed by atoms with Crippen molar-refractivity contribution in [1.82, 2.24) is 5.32 Å². The maximum absolute atomic E-state index is 12.0. The first-order chi connectivity index (χ1) is 9.24. The molecule has 1 aliphatic heterocycles. The molecule has 1 heterocycles. The molecule has 1 unspecified atom stereocenters. The van der Waals surface area contributed by atoms with Crippen molar-refractivity contribution in [2.75, 3.05) is 32.1 Å². The number of ether oxygens (including phenoxy) is 2. The first-order valence-corrected chi connectivity index (χ1v) is 6.57. The molecule has 0 bridgehead atoms. The summed E-state index contributed by atoms with van der Waals surface area (Å²) in [7, 11) is 1.59. The van der Waals surface area contributed by atoms with Gasteiger partial charge in [-0.3, -0.25) is 4.79 Å². The zero-order valence-electron chi connectivity index (χ0n) is 11.4. The van der Waals surface area contributed by atoms with Gasteiger partial charge < -0.3 is 20.1 Å². The fourth-order valence-corrected chi connectivity index (χ4v) is 2.14. The molecule has 0 aromatic heterocycles. The minimum absolute atomic E-state index is 0.0520. The van der Waals surface area contributed by atoms with Crippen LogP contribution < -0.4 is 20.1 Å². The zero-order valence-corrected chi connectivity index (χ0v) is 11.4. The van der Waals surface area contributed by atoms with Crippen LogP contribution in [0.15, 0.2) is 18.2 Å². The standard InChI is InChI=1S/C14H20N2O3/c1-3-19-12-5-4-11(8-13(12)18-2)16-14(17)10-6-7-15-9-10/h4-5,8,10,15H,3,6-7,9H2,1-2H3,(H,16,17). The minimum atomic E-state index is 0.0520. The molecular weight excluding hydrogens is 244 g/mol. The number of carbonyl (C=O) groups is 1. The predicted molar refractivity (Wildman–Crippen MR) is 73.8 cm³/mol. The molecule has 0 aliphatic carbocycles. The lowest BCUT2D eigenvalue weighted by atomic mass is 10.1. The van der Waals surface area contributed by atoms with Crippen molar-refractivity contribution in [3.63, 3.8) is 0 Å². The second kappa shape index (κ2) is 6.43. The molecule has 5 nitrogen and oxygen atoms in total. The number of hydrogen-bond donors (Lipinski definition) is 2. The Hall–Kier alpha value is -1.75. The average Bonchev–Trinajstić information content (AvgIpc) is 2.94. The van der Waals surface area contributed by atoms with Crippen LogP contribution in [-0.2, 0) is 4.79 Å². The summed E-state index contributed by atoms with van der Waals surface area (Å²) in [5.74, 6) is 1.42. The maximum Gasteiger partial charge on any atom is 0.228 e. The summed E-state index contributed by atoms with van der Waals surface area (Å²) in [6.07, 6.45) is 0.889. The normalized spacial score (nSPS) is 18.1. The smallest absolute Gasteiger partial charge is 0.228 e. The predicted octanol–water partition coefficient (Wildman–Crippen LogP) is 1.64. The Morgan fingerprint density at radius 2 is 2.32 bits per heavy atom. The lowest BCUT2D eigenvalue weighted by molar-refractivity contribution is -0.119. The quantitative estimate of drug-likeness (QED) is 0.849. The molecule has 2 N–H and O–H groups in total. The molecule has 19 heavy (non-hydrogen) atoms. The van der Waals surface area contributed by atoms with Gasteiger partial charge in [0.1, 0.15) is 0 Å². The number of amides is 1. The first kappa shape index (κ1) is 13.7. The lowest BCUT2D eigenvalue weighted by Crippen LogP contribution is -2.24. The lowest BCUT2D eigenvalue weighted by Gasteiger charge is -2.13. The third-order valence-electron chi connectivity index (χ3n) is 3.16. The van der Waals surface area contributed by atoms with Crippen molar-refractivity contribution < 1.29 is 14.3 Å². The number of anilines is 1. The van der Waals surface area contributed by atoms with Crippen LogP contribution in [0.25, 0.3) is 0 Å². The van der Waals surface area contributed by atoms with Crippen molar-refractivity contribution in [2.45, 2.75) is 13.3 Å². The van der Waals surface area contributed by atoms with E-state index in [0.717, 1.165) is 25.2 Å². The van der Waals surface area contributed by atoms with Crippen LogP contribution >= 0.6 is 0 Å². The van der Waals surface area contributed by atoms with Crippen LogP contribution in [0, 0.1) is 5.92 Å². The third kappa shape index (κ3) is 3.38. The molecule has 1 saturated heterocycles. The van der Waals surface area contributed by atoms with Crippen LogP contribution in [0.1, 0.15) is 13.3 Å². The summed E-state index contributed by atoms with van der Waals surface area (Å²) in [5, 5.41) is 6.10. The van der Waals surface area contributed by atoms with Gasteiger partial charge in [-0.15, -0.1) is 0 Å². The van der Waals surface area contributed by atoms with Crippen molar-refractivity contribution in [3.05, 3.63) is 18.2 Å². The van der Waals surface area contributed by atoms with Crippen LogP contribution in [0.3, 0.4) is 0 Å². The second-order valence-corrected chi connectivity index (χ2v) is 4.48. The Morgan fingerprint density at radius 3 is 2.95 bits per heavy atom. The number of rotatable bonds is 5. The molecule has 5 heteroatoms. The van der Waals surface area contributed by atoms with Gasteiger partial charge in [0.25, 0.3) is 0 Å². The topological polar surface area (TPSA) is 59.6 Å². The number of methoxy groups -OCH3 is 1. The van der Waals surface area contributed by atoms with Crippen molar-refractivity contribution >= 4 is 11.6 Å². The van der Waals surface area contributed by atoms with Gasteiger partial charge in [0.2, 0.25) is 5.91 Å². The Bertz CT molecular complexity index is 442. The highest BCUT2D eigenvalue weighted by atomic mass is 16.5. The minimum Gasteiger partial charge on any atom is -0.493 e. The van der Waals surface area contributed by atoms with E-state index in [1.807, 2.05) is 19.1 Å². The van der Waals surface area contributed by atoms with E-state index in [9.17, 15) is 4.79 Å². The van der Waals surface area contributed by atoms with E-state index in [-0.39, 0.29) is 11.8 Å². The summed E-state index contributed by atoms with van der Waals surface area (Å²) >= 11 is 0. The Morgan fingerprint density at radius 1 is 1.47 bits per heavy atom. The van der Waals surface area contributed by atoms with Crippen LogP contribution in [-0.4, -0.2) is 32.7 Å². The molecule has 0 radical (unpaired) electrons. The highest BCUT2D eigenvalue weighted by Crippen LogP contribution is 2.30. The molecular formula is C14H20N2O3. The van der Waals surface area contributed by atoms with E-state index in [0.29, 0.717) is 18.1 Å². The van der Waals surface area contributed by atoms with Crippen molar-refractivity contribution in [3.8, 4) is 11.5 Å². The van der Waals surface area contributed by atoms with Gasteiger partial charge in [0, 0.05) is 18.3 Å². The van der Waals surface area contributed by atoms with E-state index < -0.39 is 0 Å². The third-order valence-corrected chi connectivity index (χ3v) is 3.16. The van der Waals surface area contributed by atoms with E-state index in [1.54, 1.807) is 13.2 Å². The molecule has 2 rings (SSSR count). The van der Waals surface area contributed by atoms with Crippen LogP contribution in [0.2, 0.25) is 0 Å². The number of carbonyl (C=O) groups excluding carboxylic acids is 1. The Labute approximate surface area is 113 Å². The highest BCUT2D eigenvalue weighted by Gasteiger charge is 2.22. The van der Waals surface area contributed by atoms with Gasteiger partial charge in [-0.05, 0) is 32.0 Å². The summed E-state index contributed by atoms with van der Waals surface area (Å²) in [4.78, 5) is 12.0. The maximum atomic E-state index is 12.0. The highest BCUT2D eigenvalue weighted by molar-refractivity contribution is 5.93. The first-order valence-electron chi connectivity index (χ1n) is 6.57. The Balaban J connectivity index is 2.05. The van der Waals surface area contributed by atoms with Crippen LogP contribution in [0.4, 0.5) is 5.69 Å². The number of hydrogen-bond acceptors (Lipinski definition) is 4.